The van der Waals surface area contributed by atoms with Crippen LogP contribution >= 0.6 is 0 Å². The molecule has 18 heavy (non-hydrogen) atoms. The Morgan fingerprint density at radius 2 is 2.11 bits per heavy atom. The third kappa shape index (κ3) is 3.71. The summed E-state index contributed by atoms with van der Waals surface area (Å²) < 4.78 is 0. The van der Waals surface area contributed by atoms with Crippen molar-refractivity contribution in [2.45, 2.75) is 39.0 Å². The van der Waals surface area contributed by atoms with Gasteiger partial charge in [-0.15, -0.1) is 0 Å². The summed E-state index contributed by atoms with van der Waals surface area (Å²) in [4.78, 5) is 13.4. The lowest BCUT2D eigenvalue weighted by Gasteiger charge is -2.34. The number of hydrogen-bond acceptors (Lipinski definition) is 3. The van der Waals surface area contributed by atoms with Gasteiger partial charge in [0.2, 0.25) is 5.91 Å². The first-order chi connectivity index (χ1) is 8.63. The SMILES string of the molecule is CC(=O)NCC1CCN(CC2(CC#N)CC2)CC1. The van der Waals surface area contributed by atoms with Gasteiger partial charge < -0.3 is 10.2 Å². The van der Waals surface area contributed by atoms with Crippen LogP contribution in [0.2, 0.25) is 0 Å². The topological polar surface area (TPSA) is 56.1 Å². The van der Waals surface area contributed by atoms with Crippen molar-refractivity contribution in [1.29, 1.82) is 5.26 Å². The van der Waals surface area contributed by atoms with E-state index in [4.69, 9.17) is 5.26 Å². The lowest BCUT2D eigenvalue weighted by atomic mass is 9.94. The van der Waals surface area contributed by atoms with Crippen LogP contribution in [-0.2, 0) is 4.79 Å². The summed E-state index contributed by atoms with van der Waals surface area (Å²) in [7, 11) is 0. The van der Waals surface area contributed by atoms with Crippen LogP contribution in [0.4, 0.5) is 0 Å². The molecule has 1 saturated heterocycles. The normalized spacial score (nSPS) is 23.3. The third-order valence-corrected chi connectivity index (χ3v) is 4.32. The number of amides is 1. The first-order valence-corrected chi connectivity index (χ1v) is 6.97. The van der Waals surface area contributed by atoms with Crippen molar-refractivity contribution in [1.82, 2.24) is 10.2 Å². The van der Waals surface area contributed by atoms with E-state index in [9.17, 15) is 4.79 Å². The van der Waals surface area contributed by atoms with E-state index in [-0.39, 0.29) is 5.91 Å². The maximum atomic E-state index is 10.9. The quantitative estimate of drug-likeness (QED) is 0.804. The van der Waals surface area contributed by atoms with Crippen LogP contribution in [-0.4, -0.2) is 37.0 Å². The monoisotopic (exact) mass is 249 g/mol. The molecule has 0 bridgehead atoms. The summed E-state index contributed by atoms with van der Waals surface area (Å²) >= 11 is 0. The molecule has 0 radical (unpaired) electrons. The maximum Gasteiger partial charge on any atom is 0.216 e. The number of piperidine rings is 1. The van der Waals surface area contributed by atoms with Crippen LogP contribution in [0.3, 0.4) is 0 Å². The zero-order valence-corrected chi connectivity index (χ0v) is 11.2. The molecule has 0 unspecified atom stereocenters. The van der Waals surface area contributed by atoms with Gasteiger partial charge in [-0.2, -0.15) is 5.26 Å². The Balaban J connectivity index is 1.67. The lowest BCUT2D eigenvalue weighted by Crippen LogP contribution is -2.40. The zero-order chi connectivity index (χ0) is 13.0. The molecule has 1 amide bonds. The summed E-state index contributed by atoms with van der Waals surface area (Å²) in [5.41, 5.74) is 0.333. The Morgan fingerprint density at radius 3 is 2.61 bits per heavy atom. The fourth-order valence-electron chi connectivity index (χ4n) is 2.85. The zero-order valence-electron chi connectivity index (χ0n) is 11.2. The molecular formula is C14H23N3O. The average Bonchev–Trinajstić information content (AvgIpc) is 3.08. The molecule has 0 aromatic carbocycles. The molecule has 1 aliphatic heterocycles. The molecule has 4 nitrogen and oxygen atoms in total. The van der Waals surface area contributed by atoms with Crippen molar-refractivity contribution < 1.29 is 4.79 Å². The summed E-state index contributed by atoms with van der Waals surface area (Å²) in [6.45, 7) is 5.75. The summed E-state index contributed by atoms with van der Waals surface area (Å²) in [6.07, 6.45) is 5.52. The largest absolute Gasteiger partial charge is 0.356 e. The Bertz CT molecular complexity index is 335. The van der Waals surface area contributed by atoms with Crippen molar-refractivity contribution in [2.75, 3.05) is 26.2 Å². The van der Waals surface area contributed by atoms with Crippen molar-refractivity contribution >= 4 is 5.91 Å². The van der Waals surface area contributed by atoms with E-state index in [2.05, 4.69) is 16.3 Å². The second kappa shape index (κ2) is 5.71. The summed E-state index contributed by atoms with van der Waals surface area (Å²) in [5, 5.41) is 11.7. The molecule has 2 fully saturated rings. The van der Waals surface area contributed by atoms with Gasteiger partial charge in [-0.25, -0.2) is 0 Å². The lowest BCUT2D eigenvalue weighted by molar-refractivity contribution is -0.119. The predicted octanol–water partition coefficient (Wildman–Crippen LogP) is 1.53. The molecular weight excluding hydrogens is 226 g/mol. The number of nitriles is 1. The number of carbonyl (C=O) groups is 1. The van der Waals surface area contributed by atoms with E-state index in [1.165, 1.54) is 25.7 Å². The van der Waals surface area contributed by atoms with Crippen molar-refractivity contribution in [3.05, 3.63) is 0 Å². The number of nitrogens with one attached hydrogen (secondary N) is 1. The standard InChI is InChI=1S/C14H23N3O/c1-12(18)16-10-13-2-8-17(9-3-13)11-14(4-5-14)6-7-15/h13H,2-6,8-11H2,1H3,(H,16,18). The summed E-state index contributed by atoms with van der Waals surface area (Å²) in [5.74, 6) is 0.708. The Morgan fingerprint density at radius 1 is 1.44 bits per heavy atom. The molecule has 0 spiro atoms. The minimum atomic E-state index is 0.0726. The van der Waals surface area contributed by atoms with Gasteiger partial charge in [0.05, 0.1) is 6.07 Å². The first-order valence-electron chi connectivity index (χ1n) is 6.97. The highest BCUT2D eigenvalue weighted by Gasteiger charge is 2.43. The van der Waals surface area contributed by atoms with E-state index in [0.717, 1.165) is 32.6 Å². The fraction of sp³-hybridized carbons (Fsp3) is 0.857. The minimum Gasteiger partial charge on any atom is -0.356 e. The predicted molar refractivity (Wildman–Crippen MR) is 69.7 cm³/mol. The fourth-order valence-corrected chi connectivity index (χ4v) is 2.85. The highest BCUT2D eigenvalue weighted by Crippen LogP contribution is 2.49. The van der Waals surface area contributed by atoms with Crippen molar-refractivity contribution in [3.8, 4) is 6.07 Å². The van der Waals surface area contributed by atoms with Gasteiger partial charge in [0, 0.05) is 26.4 Å². The van der Waals surface area contributed by atoms with Gasteiger partial charge in [0.25, 0.3) is 0 Å². The first kappa shape index (κ1) is 13.4. The van der Waals surface area contributed by atoms with Crippen LogP contribution < -0.4 is 5.32 Å². The van der Waals surface area contributed by atoms with Crippen LogP contribution in [0, 0.1) is 22.7 Å². The molecule has 0 aromatic heterocycles. The molecule has 1 saturated carbocycles. The molecule has 0 atom stereocenters. The molecule has 1 N–H and O–H groups in total. The Hall–Kier alpha value is -1.08. The van der Waals surface area contributed by atoms with E-state index >= 15 is 0 Å². The van der Waals surface area contributed by atoms with Gasteiger partial charge in [-0.05, 0) is 50.1 Å². The minimum absolute atomic E-state index is 0.0726. The van der Waals surface area contributed by atoms with Gasteiger partial charge >= 0.3 is 0 Å². The van der Waals surface area contributed by atoms with E-state index in [1.807, 2.05) is 0 Å². The third-order valence-electron chi connectivity index (χ3n) is 4.32. The van der Waals surface area contributed by atoms with Crippen LogP contribution in [0.25, 0.3) is 0 Å². The maximum absolute atomic E-state index is 10.9. The summed E-state index contributed by atoms with van der Waals surface area (Å²) in [6, 6.07) is 2.33. The van der Waals surface area contributed by atoms with Crippen LogP contribution in [0.5, 0.6) is 0 Å². The molecule has 2 rings (SSSR count). The number of rotatable bonds is 5. The van der Waals surface area contributed by atoms with Gasteiger partial charge in [0.15, 0.2) is 0 Å². The Labute approximate surface area is 109 Å². The average molecular weight is 249 g/mol. The van der Waals surface area contributed by atoms with Crippen LogP contribution in [0.15, 0.2) is 0 Å². The second-order valence-corrected chi connectivity index (χ2v) is 5.99. The smallest absolute Gasteiger partial charge is 0.216 e. The molecule has 2 aliphatic rings. The van der Waals surface area contributed by atoms with Crippen molar-refractivity contribution in [3.63, 3.8) is 0 Å². The number of likely N-dealkylation sites (tertiary alicyclic amines) is 1. The van der Waals surface area contributed by atoms with E-state index < -0.39 is 0 Å². The van der Waals surface area contributed by atoms with Gasteiger partial charge in [-0.3, -0.25) is 4.79 Å². The Kier molecular flexibility index (Phi) is 4.23. The van der Waals surface area contributed by atoms with Crippen LogP contribution in [0.1, 0.15) is 39.0 Å². The number of carbonyl (C=O) groups excluding carboxylic acids is 1. The molecule has 0 aromatic rings. The molecule has 1 heterocycles. The van der Waals surface area contributed by atoms with E-state index in [1.54, 1.807) is 6.92 Å². The highest BCUT2D eigenvalue weighted by atomic mass is 16.1. The molecule has 1 aliphatic carbocycles. The van der Waals surface area contributed by atoms with Crippen molar-refractivity contribution in [2.24, 2.45) is 11.3 Å². The number of nitrogens with zero attached hydrogens (tertiary/aromatic N) is 2. The van der Waals surface area contributed by atoms with Gasteiger partial charge in [0.1, 0.15) is 0 Å². The van der Waals surface area contributed by atoms with E-state index in [0.29, 0.717) is 11.3 Å². The molecule has 4 heteroatoms. The molecule has 100 valence electrons. The van der Waals surface area contributed by atoms with Gasteiger partial charge in [-0.1, -0.05) is 0 Å². The second-order valence-electron chi connectivity index (χ2n) is 5.99. The highest BCUT2D eigenvalue weighted by molar-refractivity contribution is 5.72. The number of hydrogen-bond donors (Lipinski definition) is 1.